The third kappa shape index (κ3) is 2.70. The van der Waals surface area contributed by atoms with E-state index >= 15 is 0 Å². The van der Waals surface area contributed by atoms with Gasteiger partial charge >= 0.3 is 0 Å². The number of hydrogen-bond acceptors (Lipinski definition) is 1. The predicted octanol–water partition coefficient (Wildman–Crippen LogP) is 6.44. The van der Waals surface area contributed by atoms with E-state index in [0.29, 0.717) is 0 Å². The van der Waals surface area contributed by atoms with E-state index in [9.17, 15) is 0 Å². The van der Waals surface area contributed by atoms with Gasteiger partial charge in [0, 0.05) is 40.3 Å². The lowest BCUT2D eigenvalue weighted by Gasteiger charge is -2.24. The highest BCUT2D eigenvalue weighted by Crippen LogP contribution is 2.35. The van der Waals surface area contributed by atoms with Gasteiger partial charge in [0.2, 0.25) is 0 Å². The first-order chi connectivity index (χ1) is 12.9. The van der Waals surface area contributed by atoms with Crippen molar-refractivity contribution in [2.75, 3.05) is 0 Å². The Balaban J connectivity index is 1.70. The molecule has 0 saturated heterocycles. The monoisotopic (exact) mass is 340 g/mol. The van der Waals surface area contributed by atoms with Gasteiger partial charge < -0.3 is 4.57 Å². The minimum Gasteiger partial charge on any atom is -0.340 e. The molecule has 0 aliphatic heterocycles. The highest BCUT2D eigenvalue weighted by atomic mass is 15.0. The van der Waals surface area contributed by atoms with Crippen molar-refractivity contribution in [3.8, 4) is 11.3 Å². The Morgan fingerprint density at radius 3 is 2.62 bits per heavy atom. The number of benzene rings is 2. The molecule has 4 aromatic rings. The number of rotatable bonds is 3. The van der Waals surface area contributed by atoms with Crippen LogP contribution in [0.3, 0.4) is 0 Å². The van der Waals surface area contributed by atoms with E-state index in [0.717, 1.165) is 18.0 Å². The zero-order valence-electron chi connectivity index (χ0n) is 15.1. The second-order valence-electron chi connectivity index (χ2n) is 7.58. The van der Waals surface area contributed by atoms with Crippen molar-refractivity contribution in [1.29, 1.82) is 0 Å². The average molecular weight is 340 g/mol. The fourth-order valence-electron chi connectivity index (χ4n) is 4.58. The maximum absolute atomic E-state index is 4.56. The molecule has 5 rings (SSSR count). The zero-order chi connectivity index (χ0) is 17.3. The molecule has 2 heterocycles. The topological polar surface area (TPSA) is 17.8 Å². The van der Waals surface area contributed by atoms with Crippen molar-refractivity contribution in [1.82, 2.24) is 9.55 Å². The lowest BCUT2D eigenvalue weighted by Crippen LogP contribution is -2.14. The fraction of sp³-hybridized carbons (Fsp3) is 0.292. The summed E-state index contributed by atoms with van der Waals surface area (Å²) in [7, 11) is 0. The normalized spacial score (nSPS) is 15.7. The number of fused-ring (bicyclic) bond motifs is 2. The van der Waals surface area contributed by atoms with E-state index < -0.39 is 0 Å². The first-order valence-corrected chi connectivity index (χ1v) is 9.82. The van der Waals surface area contributed by atoms with Crippen LogP contribution in [-0.4, -0.2) is 9.55 Å². The summed E-state index contributed by atoms with van der Waals surface area (Å²) in [6, 6.07) is 21.8. The summed E-state index contributed by atoms with van der Waals surface area (Å²) in [6.45, 7) is 1.12. The summed E-state index contributed by atoms with van der Waals surface area (Å²) in [4.78, 5) is 4.56. The Kier molecular flexibility index (Phi) is 3.97. The average Bonchev–Trinajstić information content (AvgIpc) is 3.07. The molecule has 26 heavy (non-hydrogen) atoms. The van der Waals surface area contributed by atoms with Gasteiger partial charge in [-0.3, -0.25) is 4.98 Å². The third-order valence-electron chi connectivity index (χ3n) is 5.90. The minimum absolute atomic E-state index is 0.798. The van der Waals surface area contributed by atoms with Gasteiger partial charge in [0.15, 0.2) is 0 Å². The molecule has 2 heteroatoms. The summed E-state index contributed by atoms with van der Waals surface area (Å²) in [5.74, 6) is 0.798. The van der Waals surface area contributed by atoms with Crippen LogP contribution in [0.2, 0.25) is 0 Å². The fourth-order valence-corrected chi connectivity index (χ4v) is 4.58. The Morgan fingerprint density at radius 1 is 0.885 bits per heavy atom. The first kappa shape index (κ1) is 15.6. The zero-order valence-corrected chi connectivity index (χ0v) is 15.1. The molecule has 0 atom stereocenters. The van der Waals surface area contributed by atoms with Gasteiger partial charge in [-0.15, -0.1) is 0 Å². The molecule has 0 spiro atoms. The van der Waals surface area contributed by atoms with E-state index in [1.54, 1.807) is 0 Å². The summed E-state index contributed by atoms with van der Waals surface area (Å²) in [5, 5.41) is 2.57. The highest BCUT2D eigenvalue weighted by molar-refractivity contribution is 5.97. The summed E-state index contributed by atoms with van der Waals surface area (Å²) in [6.07, 6.45) is 8.85. The molecule has 2 aromatic heterocycles. The van der Waals surface area contributed by atoms with Crippen molar-refractivity contribution in [3.05, 3.63) is 66.9 Å². The van der Waals surface area contributed by atoms with E-state index in [2.05, 4.69) is 70.2 Å². The molecule has 0 unspecified atom stereocenters. The summed E-state index contributed by atoms with van der Waals surface area (Å²) >= 11 is 0. The maximum atomic E-state index is 4.56. The van der Waals surface area contributed by atoms with Gasteiger partial charge in [-0.05, 0) is 43.0 Å². The van der Waals surface area contributed by atoms with Gasteiger partial charge in [-0.2, -0.15) is 0 Å². The van der Waals surface area contributed by atoms with Crippen LogP contribution in [0.4, 0.5) is 0 Å². The van der Waals surface area contributed by atoms with Crippen LogP contribution in [0.1, 0.15) is 32.1 Å². The van der Waals surface area contributed by atoms with Crippen LogP contribution in [0.5, 0.6) is 0 Å². The SMILES string of the molecule is c1ccc2c(c1)cc(-c1ccnc3ccccc13)n2CC1CCCCC1. The Hall–Kier alpha value is -2.61. The standard InChI is InChI=1S/C24H24N2/c1-2-8-18(9-3-1)17-26-23-13-7-4-10-19(23)16-24(26)21-14-15-25-22-12-6-5-11-20(21)22/h4-7,10-16,18H,1-3,8-9,17H2. The summed E-state index contributed by atoms with van der Waals surface area (Å²) < 4.78 is 2.56. The number of hydrogen-bond donors (Lipinski definition) is 0. The van der Waals surface area contributed by atoms with Crippen LogP contribution in [0.15, 0.2) is 66.9 Å². The van der Waals surface area contributed by atoms with Crippen molar-refractivity contribution >= 4 is 21.8 Å². The number of para-hydroxylation sites is 2. The molecule has 0 amide bonds. The quantitative estimate of drug-likeness (QED) is 0.420. The van der Waals surface area contributed by atoms with Gasteiger partial charge in [0.25, 0.3) is 0 Å². The van der Waals surface area contributed by atoms with E-state index in [4.69, 9.17) is 0 Å². The second kappa shape index (κ2) is 6.60. The molecule has 0 radical (unpaired) electrons. The number of nitrogens with zero attached hydrogens (tertiary/aromatic N) is 2. The molecule has 1 fully saturated rings. The third-order valence-corrected chi connectivity index (χ3v) is 5.90. The smallest absolute Gasteiger partial charge is 0.0708 e. The molecule has 0 bridgehead atoms. The van der Waals surface area contributed by atoms with Crippen LogP contribution >= 0.6 is 0 Å². The Morgan fingerprint density at radius 2 is 1.69 bits per heavy atom. The minimum atomic E-state index is 0.798. The molecular weight excluding hydrogens is 316 g/mol. The van der Waals surface area contributed by atoms with Crippen LogP contribution in [0.25, 0.3) is 33.1 Å². The molecule has 1 aliphatic carbocycles. The van der Waals surface area contributed by atoms with Crippen molar-refractivity contribution in [2.45, 2.75) is 38.6 Å². The Labute approximate surface area is 154 Å². The number of pyridine rings is 1. The van der Waals surface area contributed by atoms with E-state index in [1.165, 1.54) is 59.7 Å². The lowest BCUT2D eigenvalue weighted by molar-refractivity contribution is 0.323. The highest BCUT2D eigenvalue weighted by Gasteiger charge is 2.18. The lowest BCUT2D eigenvalue weighted by atomic mass is 9.89. The molecular formula is C24H24N2. The molecule has 2 aromatic carbocycles. The van der Waals surface area contributed by atoms with Gasteiger partial charge in [-0.25, -0.2) is 0 Å². The van der Waals surface area contributed by atoms with Gasteiger partial charge in [0.05, 0.1) is 5.52 Å². The second-order valence-corrected chi connectivity index (χ2v) is 7.58. The predicted molar refractivity (Wildman–Crippen MR) is 109 cm³/mol. The molecule has 1 aliphatic rings. The maximum Gasteiger partial charge on any atom is 0.0708 e. The summed E-state index contributed by atoms with van der Waals surface area (Å²) in [5.41, 5.74) is 5.05. The van der Waals surface area contributed by atoms with Crippen LogP contribution in [-0.2, 0) is 6.54 Å². The molecule has 0 N–H and O–H groups in total. The van der Waals surface area contributed by atoms with Crippen molar-refractivity contribution in [3.63, 3.8) is 0 Å². The molecule has 130 valence electrons. The van der Waals surface area contributed by atoms with Gasteiger partial charge in [-0.1, -0.05) is 55.7 Å². The Bertz CT molecular complexity index is 1050. The number of aromatic nitrogens is 2. The molecule has 1 saturated carbocycles. The van der Waals surface area contributed by atoms with Gasteiger partial charge in [0.1, 0.15) is 0 Å². The van der Waals surface area contributed by atoms with E-state index in [1.807, 2.05) is 6.20 Å². The van der Waals surface area contributed by atoms with E-state index in [-0.39, 0.29) is 0 Å². The first-order valence-electron chi connectivity index (χ1n) is 9.82. The molecule has 2 nitrogen and oxygen atoms in total. The van der Waals surface area contributed by atoms with Crippen LogP contribution in [0, 0.1) is 5.92 Å². The van der Waals surface area contributed by atoms with Crippen LogP contribution < -0.4 is 0 Å². The largest absolute Gasteiger partial charge is 0.340 e. The van der Waals surface area contributed by atoms with Crippen molar-refractivity contribution < 1.29 is 0 Å². The van der Waals surface area contributed by atoms with Crippen molar-refractivity contribution in [2.24, 2.45) is 5.92 Å².